The van der Waals surface area contributed by atoms with Crippen LogP contribution in [-0.4, -0.2) is 18.1 Å². The van der Waals surface area contributed by atoms with E-state index < -0.39 is 18.4 Å². The maximum atomic E-state index is 12.4. The fourth-order valence-corrected chi connectivity index (χ4v) is 1.24. The molecule has 0 heterocycles. The molecule has 1 aromatic rings. The molecule has 2 nitrogen and oxygen atoms in total. The van der Waals surface area contributed by atoms with Crippen molar-refractivity contribution in [1.82, 2.24) is 0 Å². The second kappa shape index (κ2) is 3.36. The molecule has 0 unspecified atom stereocenters. The Morgan fingerprint density at radius 2 is 1.93 bits per heavy atom. The summed E-state index contributed by atoms with van der Waals surface area (Å²) in [6.45, 7) is -3.98. The van der Waals surface area contributed by atoms with Gasteiger partial charge >= 0.3 is 12.9 Å². The number of hydrogen-bond donors (Lipinski definition) is 1. The Morgan fingerprint density at radius 1 is 1.36 bits per heavy atom. The lowest BCUT2D eigenvalue weighted by atomic mass is 9.76. The van der Waals surface area contributed by atoms with Gasteiger partial charge in [0.2, 0.25) is 0 Å². The van der Waals surface area contributed by atoms with Gasteiger partial charge in [-0.25, -0.2) is 4.79 Å². The van der Waals surface area contributed by atoms with E-state index in [0.29, 0.717) is 0 Å². The molecule has 0 aromatic heterocycles. The monoisotopic (exact) mass is 203 g/mol. The van der Waals surface area contributed by atoms with Gasteiger partial charge in [0.25, 0.3) is 0 Å². The van der Waals surface area contributed by atoms with Crippen molar-refractivity contribution < 1.29 is 22.8 Å². The lowest BCUT2D eigenvalue weighted by Crippen LogP contribution is -2.37. The summed E-state index contributed by atoms with van der Waals surface area (Å²) >= 11 is 0. The molecule has 0 aliphatic carbocycles. The zero-order chi connectivity index (χ0) is 10.9. The summed E-state index contributed by atoms with van der Waals surface area (Å²) in [6, 6.07) is 3.14. The van der Waals surface area contributed by atoms with Gasteiger partial charge in [-0.05, 0) is 13.0 Å². The average Bonchev–Trinajstić information content (AvgIpc) is 2.01. The van der Waals surface area contributed by atoms with Crippen molar-refractivity contribution in [2.24, 2.45) is 0 Å². The first-order valence-corrected chi connectivity index (χ1v) is 3.87. The lowest BCUT2D eigenvalue weighted by Gasteiger charge is -2.18. The van der Waals surface area contributed by atoms with Gasteiger partial charge in [-0.15, -0.1) is 5.46 Å². The number of carboxylic acid groups (broad SMARTS) is 1. The molecule has 1 N–H and O–H groups in total. The molecule has 0 bridgehead atoms. The summed E-state index contributed by atoms with van der Waals surface area (Å²) in [5, 5.41) is 8.60. The topological polar surface area (TPSA) is 37.3 Å². The van der Waals surface area contributed by atoms with Gasteiger partial charge in [-0.2, -0.15) is 0 Å². The molecule has 0 aliphatic rings. The van der Waals surface area contributed by atoms with Crippen LogP contribution in [-0.2, 0) is 0 Å². The average molecular weight is 203 g/mol. The van der Waals surface area contributed by atoms with Crippen molar-refractivity contribution >= 4 is 18.4 Å². The van der Waals surface area contributed by atoms with Crippen molar-refractivity contribution in [2.75, 3.05) is 0 Å². The van der Waals surface area contributed by atoms with Gasteiger partial charge in [0.15, 0.2) is 0 Å². The molecule has 1 aromatic carbocycles. The van der Waals surface area contributed by atoms with E-state index in [9.17, 15) is 17.7 Å². The zero-order valence-corrected chi connectivity index (χ0v) is 7.30. The van der Waals surface area contributed by atoms with Crippen LogP contribution in [0, 0.1) is 6.92 Å². The van der Waals surface area contributed by atoms with Crippen LogP contribution in [0.1, 0.15) is 15.9 Å². The first-order chi connectivity index (χ1) is 6.34. The summed E-state index contributed by atoms with van der Waals surface area (Å²) in [6.07, 6.45) is 0. The third-order valence-electron chi connectivity index (χ3n) is 1.96. The minimum Gasteiger partial charge on any atom is -0.478 e. The quantitative estimate of drug-likeness (QED) is 0.743. The van der Waals surface area contributed by atoms with E-state index in [-0.39, 0.29) is 11.1 Å². The Labute approximate surface area is 78.4 Å². The van der Waals surface area contributed by atoms with Gasteiger partial charge in [-0.1, -0.05) is 17.7 Å². The Hall–Kier alpha value is -1.46. The summed E-state index contributed by atoms with van der Waals surface area (Å²) in [7, 11) is 0. The number of halogens is 3. The second-order valence-corrected chi connectivity index (χ2v) is 2.90. The van der Waals surface area contributed by atoms with E-state index in [0.717, 1.165) is 25.1 Å². The maximum Gasteiger partial charge on any atom is 0.509 e. The van der Waals surface area contributed by atoms with Gasteiger partial charge in [0, 0.05) is 0 Å². The van der Waals surface area contributed by atoms with Crippen LogP contribution in [0.25, 0.3) is 0 Å². The van der Waals surface area contributed by atoms with Gasteiger partial charge < -0.3 is 18.1 Å². The van der Waals surface area contributed by atoms with E-state index in [2.05, 4.69) is 0 Å². The summed E-state index contributed by atoms with van der Waals surface area (Å²) in [5.74, 6) is -1.34. The summed E-state index contributed by atoms with van der Waals surface area (Å²) < 4.78 is 37.1. The fraction of sp³-hybridized carbons (Fsp3) is 0.125. The van der Waals surface area contributed by atoms with E-state index in [1.54, 1.807) is 0 Å². The number of carbonyl (C=O) groups is 1. The van der Waals surface area contributed by atoms with Crippen LogP contribution in [0.2, 0.25) is 0 Å². The van der Waals surface area contributed by atoms with Crippen molar-refractivity contribution in [2.45, 2.75) is 6.92 Å². The number of hydrogen-bond acceptors (Lipinski definition) is 1. The minimum atomic E-state index is -5.14. The standard InChI is InChI=1S/C8H7BF3O2/c1-5-6(8(13)14)3-2-4-7(5)9(10,11)12/h2-4H,1H3,(H,13,14)/q-1. The van der Waals surface area contributed by atoms with Crippen molar-refractivity contribution in [3.05, 3.63) is 29.3 Å². The third-order valence-corrected chi connectivity index (χ3v) is 1.96. The smallest absolute Gasteiger partial charge is 0.478 e. The van der Waals surface area contributed by atoms with Crippen LogP contribution < -0.4 is 5.46 Å². The van der Waals surface area contributed by atoms with Crippen molar-refractivity contribution in [1.29, 1.82) is 0 Å². The molecule has 0 saturated heterocycles. The Balaban J connectivity index is 3.35. The third kappa shape index (κ3) is 1.89. The first kappa shape index (κ1) is 10.6. The Morgan fingerprint density at radius 3 is 2.36 bits per heavy atom. The second-order valence-electron chi connectivity index (χ2n) is 2.90. The molecule has 76 valence electrons. The minimum absolute atomic E-state index is 0.229. The zero-order valence-electron chi connectivity index (χ0n) is 7.30. The normalized spacial score (nSPS) is 11.4. The Kier molecular flexibility index (Phi) is 2.55. The van der Waals surface area contributed by atoms with E-state index in [1.807, 2.05) is 0 Å². The van der Waals surface area contributed by atoms with Crippen LogP contribution in [0.5, 0.6) is 0 Å². The lowest BCUT2D eigenvalue weighted by molar-refractivity contribution is 0.0696. The van der Waals surface area contributed by atoms with Gasteiger partial charge in [0.05, 0.1) is 5.56 Å². The van der Waals surface area contributed by atoms with Crippen LogP contribution in [0.3, 0.4) is 0 Å². The summed E-state index contributed by atoms with van der Waals surface area (Å²) in [5.41, 5.74) is -1.38. The number of aromatic carboxylic acids is 1. The molecule has 0 amide bonds. The number of carboxylic acids is 1. The molecule has 0 saturated carbocycles. The fourth-order valence-electron chi connectivity index (χ4n) is 1.24. The van der Waals surface area contributed by atoms with Crippen molar-refractivity contribution in [3.8, 4) is 0 Å². The molecule has 0 radical (unpaired) electrons. The molecule has 14 heavy (non-hydrogen) atoms. The van der Waals surface area contributed by atoms with Crippen LogP contribution >= 0.6 is 0 Å². The molecular formula is C8H7BF3O2-. The highest BCUT2D eigenvalue weighted by Gasteiger charge is 2.28. The van der Waals surface area contributed by atoms with Gasteiger partial charge in [0.1, 0.15) is 0 Å². The van der Waals surface area contributed by atoms with E-state index in [4.69, 9.17) is 5.11 Å². The molecule has 0 aliphatic heterocycles. The Bertz CT molecular complexity index is 373. The highest BCUT2D eigenvalue weighted by Crippen LogP contribution is 2.14. The maximum absolute atomic E-state index is 12.4. The molecule has 0 atom stereocenters. The molecule has 1 rings (SSSR count). The molecule has 6 heteroatoms. The van der Waals surface area contributed by atoms with E-state index in [1.165, 1.54) is 0 Å². The van der Waals surface area contributed by atoms with Crippen LogP contribution in [0.4, 0.5) is 12.9 Å². The van der Waals surface area contributed by atoms with Crippen molar-refractivity contribution in [3.63, 3.8) is 0 Å². The molecule has 0 spiro atoms. The first-order valence-electron chi connectivity index (χ1n) is 3.87. The SMILES string of the molecule is Cc1c(C(=O)O)cccc1[B-](F)(F)F. The van der Waals surface area contributed by atoms with E-state index >= 15 is 0 Å². The van der Waals surface area contributed by atoms with Crippen LogP contribution in [0.15, 0.2) is 18.2 Å². The number of benzene rings is 1. The van der Waals surface area contributed by atoms with Gasteiger partial charge in [-0.3, -0.25) is 0 Å². The predicted molar refractivity (Wildman–Crippen MR) is 46.9 cm³/mol. The number of rotatable bonds is 2. The highest BCUT2D eigenvalue weighted by atomic mass is 19.4. The highest BCUT2D eigenvalue weighted by molar-refractivity contribution is 6.74. The summed E-state index contributed by atoms with van der Waals surface area (Å²) in [4.78, 5) is 10.5. The molecule has 0 fully saturated rings. The predicted octanol–water partition coefficient (Wildman–Crippen LogP) is 1.75. The largest absolute Gasteiger partial charge is 0.509 e. The molecular weight excluding hydrogens is 196 g/mol.